The zero-order valence-corrected chi connectivity index (χ0v) is 15.7. The summed E-state index contributed by atoms with van der Waals surface area (Å²) in [6.45, 7) is 0.00875. The minimum Gasteiger partial charge on any atom is -0.497 e. The predicted octanol–water partition coefficient (Wildman–Crippen LogP) is 3.58. The van der Waals surface area contributed by atoms with Gasteiger partial charge in [-0.15, -0.1) is 0 Å². The van der Waals surface area contributed by atoms with Crippen LogP contribution in [0.25, 0.3) is 11.4 Å². The molecule has 0 aliphatic carbocycles. The van der Waals surface area contributed by atoms with Gasteiger partial charge in [0.2, 0.25) is 11.7 Å². The monoisotopic (exact) mass is 402 g/mol. The van der Waals surface area contributed by atoms with Crippen LogP contribution in [0.1, 0.15) is 16.2 Å². The Morgan fingerprint density at radius 1 is 1.32 bits per heavy atom. The maximum atomic E-state index is 12.6. The van der Waals surface area contributed by atoms with Gasteiger partial charge in [0.05, 0.1) is 29.2 Å². The van der Waals surface area contributed by atoms with Gasteiger partial charge < -0.3 is 14.2 Å². The van der Waals surface area contributed by atoms with Gasteiger partial charge in [-0.2, -0.15) is 4.98 Å². The molecule has 1 heterocycles. The van der Waals surface area contributed by atoms with Crippen molar-refractivity contribution in [1.82, 2.24) is 15.0 Å². The van der Waals surface area contributed by atoms with Gasteiger partial charge in [0.25, 0.3) is 11.6 Å². The van der Waals surface area contributed by atoms with Crippen LogP contribution >= 0.6 is 11.6 Å². The fourth-order valence-electron chi connectivity index (χ4n) is 2.47. The number of benzene rings is 2. The summed E-state index contributed by atoms with van der Waals surface area (Å²) in [4.78, 5) is 28.5. The molecule has 144 valence electrons. The molecule has 0 N–H and O–H groups in total. The normalized spacial score (nSPS) is 10.5. The Balaban J connectivity index is 1.77. The lowest BCUT2D eigenvalue weighted by Gasteiger charge is -2.15. The first-order valence-electron chi connectivity index (χ1n) is 8.05. The van der Waals surface area contributed by atoms with Crippen molar-refractivity contribution in [2.75, 3.05) is 14.2 Å². The lowest BCUT2D eigenvalue weighted by atomic mass is 10.1. The molecule has 1 aromatic heterocycles. The number of ether oxygens (including phenoxy) is 1. The summed E-state index contributed by atoms with van der Waals surface area (Å²) in [6, 6.07) is 10.8. The zero-order valence-electron chi connectivity index (χ0n) is 15.0. The highest BCUT2D eigenvalue weighted by Gasteiger charge is 2.21. The van der Waals surface area contributed by atoms with Crippen LogP contribution in [0.2, 0.25) is 5.02 Å². The maximum absolute atomic E-state index is 12.6. The van der Waals surface area contributed by atoms with Gasteiger partial charge >= 0.3 is 0 Å². The molecule has 0 fully saturated rings. The number of hydrogen-bond donors (Lipinski definition) is 0. The average molecular weight is 403 g/mol. The average Bonchev–Trinajstić information content (AvgIpc) is 3.16. The number of nitro groups is 1. The molecule has 0 aliphatic heterocycles. The summed E-state index contributed by atoms with van der Waals surface area (Å²) in [5.41, 5.74) is 0.496. The van der Waals surface area contributed by atoms with E-state index in [1.54, 1.807) is 31.4 Å². The third-order valence-electron chi connectivity index (χ3n) is 3.91. The molecule has 3 aromatic rings. The molecule has 28 heavy (non-hydrogen) atoms. The van der Waals surface area contributed by atoms with Crippen molar-refractivity contribution in [1.29, 1.82) is 0 Å². The SMILES string of the molecule is COc1cccc(-c2noc(CN(C)C(=O)c3cc([N+](=O)[O-])ccc3Cl)n2)c1. The Labute approximate surface area is 164 Å². The summed E-state index contributed by atoms with van der Waals surface area (Å²) in [5.74, 6) is 0.699. The molecule has 2 aromatic carbocycles. The Bertz CT molecular complexity index is 1040. The van der Waals surface area contributed by atoms with Gasteiger partial charge in [-0.1, -0.05) is 28.9 Å². The van der Waals surface area contributed by atoms with Crippen molar-refractivity contribution < 1.29 is 19.0 Å². The van der Waals surface area contributed by atoms with E-state index in [1.807, 2.05) is 0 Å². The van der Waals surface area contributed by atoms with Gasteiger partial charge in [0, 0.05) is 24.7 Å². The first-order valence-corrected chi connectivity index (χ1v) is 8.43. The van der Waals surface area contributed by atoms with E-state index in [-0.39, 0.29) is 28.7 Å². The molecule has 0 bridgehead atoms. The van der Waals surface area contributed by atoms with Crippen molar-refractivity contribution in [2.45, 2.75) is 6.54 Å². The van der Waals surface area contributed by atoms with E-state index in [0.29, 0.717) is 17.1 Å². The van der Waals surface area contributed by atoms with Crippen molar-refractivity contribution in [3.8, 4) is 17.1 Å². The molecule has 10 heteroatoms. The van der Waals surface area contributed by atoms with E-state index in [0.717, 1.165) is 6.07 Å². The summed E-state index contributed by atoms with van der Waals surface area (Å²) >= 11 is 6.02. The van der Waals surface area contributed by atoms with Crippen LogP contribution in [0.15, 0.2) is 47.0 Å². The standard InChI is InChI=1S/C18H15ClN4O5/c1-22(18(24)14-9-12(23(25)26)6-7-15(14)19)10-16-20-17(21-28-16)11-4-3-5-13(8-11)27-2/h3-9H,10H2,1-2H3. The van der Waals surface area contributed by atoms with Crippen LogP contribution in [-0.2, 0) is 6.54 Å². The third-order valence-corrected chi connectivity index (χ3v) is 4.24. The van der Waals surface area contributed by atoms with Crippen LogP contribution < -0.4 is 4.74 Å². The molecule has 0 atom stereocenters. The number of amides is 1. The predicted molar refractivity (Wildman–Crippen MR) is 100 cm³/mol. The van der Waals surface area contributed by atoms with Crippen LogP contribution in [0.4, 0.5) is 5.69 Å². The van der Waals surface area contributed by atoms with Gasteiger partial charge in [-0.25, -0.2) is 0 Å². The largest absolute Gasteiger partial charge is 0.497 e. The minimum absolute atomic E-state index is 0.00875. The molecule has 1 amide bonds. The van der Waals surface area contributed by atoms with E-state index in [9.17, 15) is 14.9 Å². The number of non-ortho nitro benzene ring substituents is 1. The fraction of sp³-hybridized carbons (Fsp3) is 0.167. The number of methoxy groups -OCH3 is 1. The summed E-state index contributed by atoms with van der Waals surface area (Å²) in [6.07, 6.45) is 0. The molecule has 0 radical (unpaired) electrons. The van der Waals surface area contributed by atoms with E-state index in [2.05, 4.69) is 10.1 Å². The van der Waals surface area contributed by atoms with Gasteiger partial charge in [0.1, 0.15) is 5.75 Å². The Kier molecular flexibility index (Phi) is 5.55. The van der Waals surface area contributed by atoms with Crippen molar-refractivity contribution in [3.05, 3.63) is 69.1 Å². The maximum Gasteiger partial charge on any atom is 0.270 e. The number of halogens is 1. The van der Waals surface area contributed by atoms with Crippen LogP contribution in [0.3, 0.4) is 0 Å². The van der Waals surface area contributed by atoms with Crippen molar-refractivity contribution in [3.63, 3.8) is 0 Å². The number of rotatable bonds is 6. The molecule has 0 saturated carbocycles. The quantitative estimate of drug-likeness (QED) is 0.457. The van der Waals surface area contributed by atoms with Crippen LogP contribution in [0.5, 0.6) is 5.75 Å². The molecule has 0 unspecified atom stereocenters. The van der Waals surface area contributed by atoms with E-state index in [4.69, 9.17) is 20.9 Å². The highest BCUT2D eigenvalue weighted by molar-refractivity contribution is 6.33. The van der Waals surface area contributed by atoms with Gasteiger partial charge in [-0.3, -0.25) is 14.9 Å². The topological polar surface area (TPSA) is 112 Å². The number of carbonyl (C=O) groups is 1. The number of carbonyl (C=O) groups excluding carboxylic acids is 1. The molecule has 3 rings (SSSR count). The smallest absolute Gasteiger partial charge is 0.270 e. The molecule has 0 saturated heterocycles. The van der Waals surface area contributed by atoms with E-state index in [1.165, 1.54) is 24.1 Å². The number of nitrogens with zero attached hydrogens (tertiary/aromatic N) is 4. The molecular formula is C18H15ClN4O5. The second-order valence-corrected chi connectivity index (χ2v) is 6.23. The van der Waals surface area contributed by atoms with Crippen LogP contribution in [-0.4, -0.2) is 40.0 Å². The second kappa shape index (κ2) is 8.05. The molecule has 0 spiro atoms. The Hall–Kier alpha value is -3.46. The number of hydrogen-bond acceptors (Lipinski definition) is 7. The molecule has 9 nitrogen and oxygen atoms in total. The fourth-order valence-corrected chi connectivity index (χ4v) is 2.67. The summed E-state index contributed by atoms with van der Waals surface area (Å²) in [7, 11) is 3.06. The minimum atomic E-state index is -0.592. The lowest BCUT2D eigenvalue weighted by Crippen LogP contribution is -2.26. The number of aromatic nitrogens is 2. The lowest BCUT2D eigenvalue weighted by molar-refractivity contribution is -0.384. The first kappa shape index (κ1) is 19.3. The molecule has 0 aliphatic rings. The van der Waals surface area contributed by atoms with Crippen molar-refractivity contribution >= 4 is 23.2 Å². The van der Waals surface area contributed by atoms with Crippen molar-refractivity contribution in [2.24, 2.45) is 0 Å². The second-order valence-electron chi connectivity index (χ2n) is 5.83. The highest BCUT2D eigenvalue weighted by Crippen LogP contribution is 2.24. The summed E-state index contributed by atoms with van der Waals surface area (Å²) in [5, 5.41) is 14.9. The number of nitro benzene ring substituents is 1. The summed E-state index contributed by atoms with van der Waals surface area (Å²) < 4.78 is 10.4. The zero-order chi connectivity index (χ0) is 20.3. The Morgan fingerprint density at radius 3 is 2.82 bits per heavy atom. The third kappa shape index (κ3) is 4.09. The first-order chi connectivity index (χ1) is 13.4. The van der Waals surface area contributed by atoms with Gasteiger partial charge in [-0.05, 0) is 18.2 Å². The van der Waals surface area contributed by atoms with E-state index >= 15 is 0 Å². The van der Waals surface area contributed by atoms with Gasteiger partial charge in [0.15, 0.2) is 0 Å². The highest BCUT2D eigenvalue weighted by atomic mass is 35.5. The Morgan fingerprint density at radius 2 is 2.11 bits per heavy atom. The van der Waals surface area contributed by atoms with Crippen LogP contribution in [0, 0.1) is 10.1 Å². The van der Waals surface area contributed by atoms with E-state index < -0.39 is 10.8 Å². The molecular weight excluding hydrogens is 388 g/mol.